The minimum Gasteiger partial charge on any atom is -0.393 e. The number of nitrogens with zero attached hydrogens (tertiary/aromatic N) is 1. The van der Waals surface area contributed by atoms with Crippen LogP contribution in [0.15, 0.2) is 18.3 Å². The van der Waals surface area contributed by atoms with Gasteiger partial charge in [0.25, 0.3) is 5.91 Å². The van der Waals surface area contributed by atoms with Crippen LogP contribution in [0.3, 0.4) is 0 Å². The minimum absolute atomic E-state index is 0.165. The molecule has 0 bridgehead atoms. The largest absolute Gasteiger partial charge is 0.393 e. The third-order valence-electron chi connectivity index (χ3n) is 2.53. The topological polar surface area (TPSA) is 68.0 Å². The standard InChI is InChI=1S/C12H17N3OS/c1-8-4-5-9(6-14-8)10(16)15-7-12(2,3)11(13)17/h4-6H,7H2,1-3H3,(H2,13,17)(H,15,16). The van der Waals surface area contributed by atoms with E-state index in [-0.39, 0.29) is 11.3 Å². The second-order valence-corrected chi connectivity index (χ2v) is 5.06. The molecule has 0 atom stereocenters. The molecule has 0 aliphatic heterocycles. The van der Waals surface area contributed by atoms with Crippen molar-refractivity contribution in [3.05, 3.63) is 29.6 Å². The van der Waals surface area contributed by atoms with E-state index in [0.29, 0.717) is 17.1 Å². The number of nitrogens with two attached hydrogens (primary N) is 1. The third-order valence-corrected chi connectivity index (χ3v) is 3.08. The van der Waals surface area contributed by atoms with Gasteiger partial charge in [0, 0.05) is 23.9 Å². The monoisotopic (exact) mass is 251 g/mol. The first kappa shape index (κ1) is 13.6. The van der Waals surface area contributed by atoms with Crippen molar-refractivity contribution < 1.29 is 4.79 Å². The van der Waals surface area contributed by atoms with E-state index >= 15 is 0 Å². The molecule has 1 amide bonds. The maximum Gasteiger partial charge on any atom is 0.252 e. The van der Waals surface area contributed by atoms with Crippen LogP contribution in [0.25, 0.3) is 0 Å². The Kier molecular flexibility index (Phi) is 4.17. The molecule has 0 fully saturated rings. The molecule has 17 heavy (non-hydrogen) atoms. The van der Waals surface area contributed by atoms with E-state index < -0.39 is 0 Å². The second-order valence-electron chi connectivity index (χ2n) is 4.62. The Morgan fingerprint density at radius 3 is 2.65 bits per heavy atom. The number of carbonyl (C=O) groups excluding carboxylic acids is 1. The average molecular weight is 251 g/mol. The molecule has 0 aromatic carbocycles. The summed E-state index contributed by atoms with van der Waals surface area (Å²) in [5.41, 5.74) is 6.61. The molecule has 0 aliphatic rings. The molecule has 1 aromatic heterocycles. The van der Waals surface area contributed by atoms with Gasteiger partial charge in [0.2, 0.25) is 0 Å². The Morgan fingerprint density at radius 1 is 1.53 bits per heavy atom. The number of thiocarbonyl (C=S) groups is 1. The first-order valence-corrected chi connectivity index (χ1v) is 5.74. The van der Waals surface area contributed by atoms with Gasteiger partial charge in [-0.15, -0.1) is 0 Å². The number of hydrogen-bond donors (Lipinski definition) is 2. The summed E-state index contributed by atoms with van der Waals surface area (Å²) < 4.78 is 0. The number of carbonyl (C=O) groups is 1. The van der Waals surface area contributed by atoms with E-state index in [0.717, 1.165) is 5.69 Å². The Balaban J connectivity index is 2.62. The average Bonchev–Trinajstić information content (AvgIpc) is 2.27. The molecule has 92 valence electrons. The molecular formula is C12H17N3OS. The zero-order valence-electron chi connectivity index (χ0n) is 10.3. The molecule has 0 saturated carbocycles. The van der Waals surface area contributed by atoms with Gasteiger partial charge in [0.15, 0.2) is 0 Å². The van der Waals surface area contributed by atoms with Crippen LogP contribution in [0.5, 0.6) is 0 Å². The Hall–Kier alpha value is -1.49. The summed E-state index contributed by atoms with van der Waals surface area (Å²) in [7, 11) is 0. The van der Waals surface area contributed by atoms with Gasteiger partial charge in [-0.3, -0.25) is 9.78 Å². The Bertz CT molecular complexity index is 426. The fourth-order valence-electron chi connectivity index (χ4n) is 1.09. The highest BCUT2D eigenvalue weighted by Gasteiger charge is 2.22. The third kappa shape index (κ3) is 3.78. The summed E-state index contributed by atoms with van der Waals surface area (Å²) >= 11 is 4.93. The molecule has 0 radical (unpaired) electrons. The van der Waals surface area contributed by atoms with Crippen LogP contribution >= 0.6 is 12.2 Å². The fourth-order valence-corrected chi connectivity index (χ4v) is 1.16. The zero-order chi connectivity index (χ0) is 13.1. The van der Waals surface area contributed by atoms with Gasteiger partial charge in [0.05, 0.1) is 10.6 Å². The highest BCUT2D eigenvalue weighted by molar-refractivity contribution is 7.80. The van der Waals surface area contributed by atoms with Gasteiger partial charge >= 0.3 is 0 Å². The summed E-state index contributed by atoms with van der Waals surface area (Å²) in [5.74, 6) is -0.165. The van der Waals surface area contributed by atoms with Crippen molar-refractivity contribution in [1.29, 1.82) is 0 Å². The fraction of sp³-hybridized carbons (Fsp3) is 0.417. The van der Waals surface area contributed by atoms with E-state index in [1.807, 2.05) is 20.8 Å². The number of rotatable bonds is 4. The number of nitrogens with one attached hydrogen (secondary N) is 1. The summed E-state index contributed by atoms with van der Waals surface area (Å²) in [5, 5.41) is 2.79. The van der Waals surface area contributed by atoms with Crippen LogP contribution < -0.4 is 11.1 Å². The molecule has 0 saturated heterocycles. The number of hydrogen-bond acceptors (Lipinski definition) is 3. The molecule has 5 heteroatoms. The van der Waals surface area contributed by atoms with Gasteiger partial charge < -0.3 is 11.1 Å². The van der Waals surface area contributed by atoms with Crippen LogP contribution in [-0.4, -0.2) is 22.4 Å². The van der Waals surface area contributed by atoms with Crippen LogP contribution in [0, 0.1) is 12.3 Å². The molecule has 0 spiro atoms. The Labute approximate surface area is 107 Å². The maximum absolute atomic E-state index is 11.8. The number of pyridine rings is 1. The zero-order valence-corrected chi connectivity index (χ0v) is 11.1. The quantitative estimate of drug-likeness (QED) is 0.794. The first-order valence-electron chi connectivity index (χ1n) is 5.34. The Morgan fingerprint density at radius 2 is 2.18 bits per heavy atom. The van der Waals surface area contributed by atoms with Crippen LogP contribution in [0.4, 0.5) is 0 Å². The second kappa shape index (κ2) is 5.23. The van der Waals surface area contributed by atoms with Crippen LogP contribution in [0.1, 0.15) is 29.9 Å². The summed E-state index contributed by atoms with van der Waals surface area (Å²) in [6, 6.07) is 3.54. The van der Waals surface area contributed by atoms with E-state index in [4.69, 9.17) is 18.0 Å². The lowest BCUT2D eigenvalue weighted by atomic mass is 9.93. The van der Waals surface area contributed by atoms with Gasteiger partial charge in [0.1, 0.15) is 0 Å². The summed E-state index contributed by atoms with van der Waals surface area (Å²) in [6.07, 6.45) is 1.55. The first-order chi connectivity index (χ1) is 7.83. The highest BCUT2D eigenvalue weighted by Crippen LogP contribution is 2.13. The molecule has 0 aliphatic carbocycles. The summed E-state index contributed by atoms with van der Waals surface area (Å²) in [4.78, 5) is 16.2. The van der Waals surface area contributed by atoms with Crippen molar-refractivity contribution in [2.45, 2.75) is 20.8 Å². The van der Waals surface area contributed by atoms with Crippen molar-refractivity contribution in [1.82, 2.24) is 10.3 Å². The maximum atomic E-state index is 11.8. The summed E-state index contributed by atoms with van der Waals surface area (Å²) in [6.45, 7) is 6.07. The smallest absolute Gasteiger partial charge is 0.252 e. The molecule has 4 nitrogen and oxygen atoms in total. The lowest BCUT2D eigenvalue weighted by Gasteiger charge is -2.23. The SMILES string of the molecule is Cc1ccc(C(=O)NCC(C)(C)C(N)=S)cn1. The minimum atomic E-state index is -0.386. The lowest BCUT2D eigenvalue weighted by molar-refractivity contribution is 0.0944. The van der Waals surface area contributed by atoms with E-state index in [2.05, 4.69) is 10.3 Å². The van der Waals surface area contributed by atoms with Gasteiger partial charge in [-0.05, 0) is 19.1 Å². The van der Waals surface area contributed by atoms with Crippen LogP contribution in [0.2, 0.25) is 0 Å². The highest BCUT2D eigenvalue weighted by atomic mass is 32.1. The van der Waals surface area contributed by atoms with Crippen LogP contribution in [-0.2, 0) is 0 Å². The predicted octanol–water partition coefficient (Wildman–Crippen LogP) is 1.43. The normalized spacial score (nSPS) is 11.0. The van der Waals surface area contributed by atoms with Crippen molar-refractivity contribution in [3.63, 3.8) is 0 Å². The molecule has 0 unspecified atom stereocenters. The molecule has 1 aromatic rings. The number of amides is 1. The number of aryl methyl sites for hydroxylation is 1. The van der Waals surface area contributed by atoms with Crippen molar-refractivity contribution in [3.8, 4) is 0 Å². The molecule has 3 N–H and O–H groups in total. The molecular weight excluding hydrogens is 234 g/mol. The van der Waals surface area contributed by atoms with Crippen molar-refractivity contribution in [2.75, 3.05) is 6.54 Å². The van der Waals surface area contributed by atoms with Gasteiger partial charge in [-0.25, -0.2) is 0 Å². The van der Waals surface area contributed by atoms with E-state index in [1.165, 1.54) is 0 Å². The van der Waals surface area contributed by atoms with Gasteiger partial charge in [-0.1, -0.05) is 26.1 Å². The van der Waals surface area contributed by atoms with E-state index in [9.17, 15) is 4.79 Å². The molecule has 1 heterocycles. The van der Waals surface area contributed by atoms with E-state index in [1.54, 1.807) is 18.3 Å². The lowest BCUT2D eigenvalue weighted by Crippen LogP contribution is -2.41. The molecule has 1 rings (SSSR count). The van der Waals surface area contributed by atoms with Crippen molar-refractivity contribution in [2.24, 2.45) is 11.1 Å². The van der Waals surface area contributed by atoms with Crippen molar-refractivity contribution >= 4 is 23.1 Å². The van der Waals surface area contributed by atoms with Gasteiger partial charge in [-0.2, -0.15) is 0 Å². The number of aromatic nitrogens is 1. The predicted molar refractivity (Wildman–Crippen MR) is 71.9 cm³/mol.